The van der Waals surface area contributed by atoms with Gasteiger partial charge >= 0.3 is 5.97 Å². The van der Waals surface area contributed by atoms with Crippen LogP contribution in [0.1, 0.15) is 16.1 Å². The van der Waals surface area contributed by atoms with E-state index in [1.54, 1.807) is 31.2 Å². The van der Waals surface area contributed by atoms with Crippen LogP contribution in [0.5, 0.6) is 5.75 Å². The number of ether oxygens (including phenoxy) is 2. The first-order chi connectivity index (χ1) is 9.58. The summed E-state index contributed by atoms with van der Waals surface area (Å²) in [6.07, 6.45) is 0. The van der Waals surface area contributed by atoms with Crippen molar-refractivity contribution in [2.24, 2.45) is 0 Å². The van der Waals surface area contributed by atoms with Gasteiger partial charge in [0.2, 0.25) is 5.88 Å². The van der Waals surface area contributed by atoms with Crippen LogP contribution in [0, 0.1) is 6.92 Å². The third-order valence-electron chi connectivity index (χ3n) is 2.47. The number of nitrogen functional groups attached to an aromatic ring is 1. The lowest BCUT2D eigenvalue weighted by Crippen LogP contribution is -2.13. The van der Waals surface area contributed by atoms with E-state index in [4.69, 9.17) is 26.8 Å². The molecule has 20 heavy (non-hydrogen) atoms. The highest BCUT2D eigenvalue weighted by Gasteiger charge is 2.19. The smallest absolute Gasteiger partial charge is 0.345 e. The number of rotatable bonds is 5. The van der Waals surface area contributed by atoms with Gasteiger partial charge in [-0.2, -0.15) is 0 Å². The van der Waals surface area contributed by atoms with Crippen LogP contribution in [0.15, 0.2) is 28.8 Å². The molecule has 2 rings (SSSR count). The van der Waals surface area contributed by atoms with E-state index in [0.717, 1.165) is 0 Å². The van der Waals surface area contributed by atoms with Gasteiger partial charge in [0, 0.05) is 5.02 Å². The predicted molar refractivity (Wildman–Crippen MR) is 72.9 cm³/mol. The maximum absolute atomic E-state index is 11.7. The molecule has 0 saturated carbocycles. The third kappa shape index (κ3) is 3.42. The Bertz CT molecular complexity index is 593. The molecule has 0 saturated heterocycles. The molecule has 0 atom stereocenters. The van der Waals surface area contributed by atoms with E-state index in [1.165, 1.54) is 0 Å². The highest BCUT2D eigenvalue weighted by Crippen LogP contribution is 2.18. The van der Waals surface area contributed by atoms with Crippen LogP contribution in [-0.2, 0) is 4.74 Å². The summed E-state index contributed by atoms with van der Waals surface area (Å²) in [5, 5.41) is 4.15. The van der Waals surface area contributed by atoms with E-state index >= 15 is 0 Å². The summed E-state index contributed by atoms with van der Waals surface area (Å²) in [5.74, 6) is -0.0339. The number of hydrogen-bond donors (Lipinski definition) is 1. The Labute approximate surface area is 120 Å². The Morgan fingerprint density at radius 1 is 1.45 bits per heavy atom. The van der Waals surface area contributed by atoms with Crippen molar-refractivity contribution >= 4 is 23.5 Å². The van der Waals surface area contributed by atoms with E-state index in [1.807, 2.05) is 0 Å². The van der Waals surface area contributed by atoms with Crippen LogP contribution in [0.2, 0.25) is 5.02 Å². The number of hydrogen-bond acceptors (Lipinski definition) is 6. The zero-order valence-corrected chi connectivity index (χ0v) is 11.5. The maximum atomic E-state index is 11.7. The van der Waals surface area contributed by atoms with Crippen LogP contribution in [-0.4, -0.2) is 24.3 Å². The summed E-state index contributed by atoms with van der Waals surface area (Å²) < 4.78 is 15.1. The molecule has 1 aromatic carbocycles. The van der Waals surface area contributed by atoms with Crippen molar-refractivity contribution in [3.05, 3.63) is 40.5 Å². The normalized spacial score (nSPS) is 10.3. The van der Waals surface area contributed by atoms with Crippen LogP contribution >= 0.6 is 11.6 Å². The standard InChI is InChI=1S/C13H13ClN2O4/c1-8-11(12(15)20-16-8)13(17)19-6-5-18-10-4-2-3-9(14)7-10/h2-4,7H,5-6,15H2,1H3. The quantitative estimate of drug-likeness (QED) is 0.673. The fourth-order valence-electron chi connectivity index (χ4n) is 1.56. The number of carbonyl (C=O) groups excluding carboxylic acids is 1. The number of carbonyl (C=O) groups is 1. The van der Waals surface area contributed by atoms with Gasteiger partial charge in [0.1, 0.15) is 24.5 Å². The molecule has 0 radical (unpaired) electrons. The minimum Gasteiger partial charge on any atom is -0.490 e. The highest BCUT2D eigenvalue weighted by atomic mass is 35.5. The zero-order valence-electron chi connectivity index (χ0n) is 10.8. The lowest BCUT2D eigenvalue weighted by molar-refractivity contribution is 0.0450. The van der Waals surface area contributed by atoms with Crippen molar-refractivity contribution in [2.45, 2.75) is 6.92 Å². The summed E-state index contributed by atoms with van der Waals surface area (Å²) in [7, 11) is 0. The fraction of sp³-hybridized carbons (Fsp3) is 0.231. The molecule has 1 aromatic heterocycles. The van der Waals surface area contributed by atoms with Crippen LogP contribution < -0.4 is 10.5 Å². The molecule has 2 N–H and O–H groups in total. The minimum atomic E-state index is -0.587. The second-order valence-corrected chi connectivity index (χ2v) is 4.39. The van der Waals surface area contributed by atoms with Crippen LogP contribution in [0.4, 0.5) is 5.88 Å². The monoisotopic (exact) mass is 296 g/mol. The molecule has 1 heterocycles. The maximum Gasteiger partial charge on any atom is 0.345 e. The molecular formula is C13H13ClN2O4. The van der Waals surface area contributed by atoms with E-state index in [2.05, 4.69) is 9.68 Å². The minimum absolute atomic E-state index is 0.0525. The third-order valence-corrected chi connectivity index (χ3v) is 2.71. The SMILES string of the molecule is Cc1noc(N)c1C(=O)OCCOc1cccc(Cl)c1. The molecule has 0 bridgehead atoms. The first-order valence-electron chi connectivity index (χ1n) is 5.85. The summed E-state index contributed by atoms with van der Waals surface area (Å²) >= 11 is 5.81. The molecule has 0 amide bonds. The van der Waals surface area contributed by atoms with Gasteiger partial charge in [-0.25, -0.2) is 4.79 Å². The topological polar surface area (TPSA) is 87.6 Å². The van der Waals surface area contributed by atoms with Gasteiger partial charge in [-0.05, 0) is 25.1 Å². The Hall–Kier alpha value is -2.21. The number of nitrogens with two attached hydrogens (primary N) is 1. The second-order valence-electron chi connectivity index (χ2n) is 3.95. The van der Waals surface area contributed by atoms with E-state index in [9.17, 15) is 4.79 Å². The predicted octanol–water partition coefficient (Wildman–Crippen LogP) is 2.45. The molecule has 0 spiro atoms. The lowest BCUT2D eigenvalue weighted by Gasteiger charge is -2.07. The van der Waals surface area contributed by atoms with E-state index in [-0.39, 0.29) is 24.7 Å². The van der Waals surface area contributed by atoms with Crippen molar-refractivity contribution in [3.63, 3.8) is 0 Å². The molecule has 7 heteroatoms. The molecule has 106 valence electrons. The summed E-state index contributed by atoms with van der Waals surface area (Å²) in [6, 6.07) is 6.94. The van der Waals surface area contributed by atoms with E-state index in [0.29, 0.717) is 16.5 Å². The summed E-state index contributed by atoms with van der Waals surface area (Å²) in [5.41, 5.74) is 6.02. The van der Waals surface area contributed by atoms with Gasteiger partial charge in [0.25, 0.3) is 0 Å². The average molecular weight is 297 g/mol. The first-order valence-corrected chi connectivity index (χ1v) is 6.23. The van der Waals surface area contributed by atoms with Gasteiger partial charge in [-0.15, -0.1) is 0 Å². The number of aromatic nitrogens is 1. The van der Waals surface area contributed by atoms with Gasteiger partial charge in [-0.1, -0.05) is 22.8 Å². The molecule has 0 aliphatic rings. The Kier molecular flexibility index (Phi) is 4.47. The summed E-state index contributed by atoms with van der Waals surface area (Å²) in [6.45, 7) is 1.89. The molecule has 0 fully saturated rings. The van der Waals surface area contributed by atoms with Gasteiger partial charge in [0.15, 0.2) is 0 Å². The number of aryl methyl sites for hydroxylation is 1. The van der Waals surface area contributed by atoms with Crippen molar-refractivity contribution in [2.75, 3.05) is 18.9 Å². The Morgan fingerprint density at radius 3 is 2.90 bits per heavy atom. The number of benzene rings is 1. The van der Waals surface area contributed by atoms with E-state index < -0.39 is 5.97 Å². The van der Waals surface area contributed by atoms with Crippen molar-refractivity contribution < 1.29 is 18.8 Å². The molecule has 0 aliphatic heterocycles. The molecule has 0 aliphatic carbocycles. The average Bonchev–Trinajstić information content (AvgIpc) is 2.74. The van der Waals surface area contributed by atoms with Crippen LogP contribution in [0.25, 0.3) is 0 Å². The van der Waals surface area contributed by atoms with Crippen LogP contribution in [0.3, 0.4) is 0 Å². The largest absolute Gasteiger partial charge is 0.490 e. The van der Waals surface area contributed by atoms with Crippen molar-refractivity contribution in [1.29, 1.82) is 0 Å². The highest BCUT2D eigenvalue weighted by molar-refractivity contribution is 6.30. The Morgan fingerprint density at radius 2 is 2.25 bits per heavy atom. The Balaban J connectivity index is 1.80. The number of esters is 1. The summed E-state index contributed by atoms with van der Waals surface area (Å²) in [4.78, 5) is 11.7. The molecule has 2 aromatic rings. The number of anilines is 1. The van der Waals surface area contributed by atoms with Crippen molar-refractivity contribution in [1.82, 2.24) is 5.16 Å². The number of halogens is 1. The number of nitrogens with zero attached hydrogens (tertiary/aromatic N) is 1. The molecule has 6 nitrogen and oxygen atoms in total. The van der Waals surface area contributed by atoms with Gasteiger partial charge in [0.05, 0.1) is 5.69 Å². The van der Waals surface area contributed by atoms with Gasteiger partial charge < -0.3 is 19.7 Å². The molecule has 0 unspecified atom stereocenters. The second kappa shape index (κ2) is 6.29. The molecular weight excluding hydrogens is 284 g/mol. The van der Waals surface area contributed by atoms with Gasteiger partial charge in [-0.3, -0.25) is 0 Å². The van der Waals surface area contributed by atoms with Crippen molar-refractivity contribution in [3.8, 4) is 5.75 Å². The fourth-order valence-corrected chi connectivity index (χ4v) is 1.74. The zero-order chi connectivity index (χ0) is 14.5. The first kappa shape index (κ1) is 14.2. The lowest BCUT2D eigenvalue weighted by atomic mass is 10.2.